The quantitative estimate of drug-likeness (QED) is 0.483. The predicted octanol–water partition coefficient (Wildman–Crippen LogP) is 5.49. The van der Waals surface area contributed by atoms with Crippen LogP contribution in [0.4, 0.5) is 4.39 Å². The molecule has 0 radical (unpaired) electrons. The van der Waals surface area contributed by atoms with Crippen molar-refractivity contribution >= 4 is 11.0 Å². The van der Waals surface area contributed by atoms with E-state index < -0.39 is 0 Å². The smallest absolute Gasteiger partial charge is 0.200 e. The summed E-state index contributed by atoms with van der Waals surface area (Å²) in [5.41, 5.74) is 2.21. The zero-order chi connectivity index (χ0) is 18.8. The van der Waals surface area contributed by atoms with E-state index in [9.17, 15) is 9.18 Å². The van der Waals surface area contributed by atoms with Crippen LogP contribution in [0.2, 0.25) is 0 Å². The maximum absolute atomic E-state index is 13.7. The zero-order valence-corrected chi connectivity index (χ0v) is 14.7. The molecule has 0 saturated heterocycles. The molecule has 0 bridgehead atoms. The van der Waals surface area contributed by atoms with E-state index in [1.54, 1.807) is 43.3 Å². The van der Waals surface area contributed by atoms with Crippen molar-refractivity contribution in [2.75, 3.05) is 0 Å². The van der Waals surface area contributed by atoms with Crippen LogP contribution >= 0.6 is 0 Å². The molecule has 4 rings (SSSR count). The standard InChI is InChI=1S/C23H17FO3/c1-15-22(16-7-3-2-4-8-16)23(25)19-12-11-18(13-21(19)27-15)26-14-17-9-5-6-10-20(17)24/h2-13H,14H2,1H3. The monoisotopic (exact) mass is 360 g/mol. The Morgan fingerprint density at radius 2 is 1.70 bits per heavy atom. The first-order valence-electron chi connectivity index (χ1n) is 8.62. The lowest BCUT2D eigenvalue weighted by Gasteiger charge is -2.10. The van der Waals surface area contributed by atoms with Crippen molar-refractivity contribution in [2.45, 2.75) is 13.5 Å². The lowest BCUT2D eigenvalue weighted by atomic mass is 10.0. The Bertz CT molecular complexity index is 1160. The number of hydrogen-bond donors (Lipinski definition) is 0. The van der Waals surface area contributed by atoms with Crippen molar-refractivity contribution in [3.05, 3.63) is 100 Å². The number of benzene rings is 3. The van der Waals surface area contributed by atoms with E-state index in [0.717, 1.165) is 5.56 Å². The van der Waals surface area contributed by atoms with Crippen LogP contribution in [-0.2, 0) is 6.61 Å². The van der Waals surface area contributed by atoms with Gasteiger partial charge in [-0.25, -0.2) is 4.39 Å². The highest BCUT2D eigenvalue weighted by atomic mass is 19.1. The highest BCUT2D eigenvalue weighted by molar-refractivity contribution is 5.83. The van der Waals surface area contributed by atoms with Gasteiger partial charge in [-0.3, -0.25) is 4.79 Å². The van der Waals surface area contributed by atoms with Crippen LogP contribution in [0.3, 0.4) is 0 Å². The predicted molar refractivity (Wildman–Crippen MR) is 103 cm³/mol. The fraction of sp³-hybridized carbons (Fsp3) is 0.0870. The van der Waals surface area contributed by atoms with Gasteiger partial charge in [-0.05, 0) is 30.7 Å². The number of fused-ring (bicyclic) bond motifs is 1. The molecule has 1 heterocycles. The van der Waals surface area contributed by atoms with Crippen LogP contribution in [0, 0.1) is 12.7 Å². The van der Waals surface area contributed by atoms with Gasteiger partial charge in [-0.15, -0.1) is 0 Å². The summed E-state index contributed by atoms with van der Waals surface area (Å²) in [6.45, 7) is 1.87. The van der Waals surface area contributed by atoms with Gasteiger partial charge in [-0.2, -0.15) is 0 Å². The topological polar surface area (TPSA) is 39.4 Å². The second kappa shape index (κ2) is 7.08. The molecule has 3 aromatic carbocycles. The molecule has 0 amide bonds. The van der Waals surface area contributed by atoms with Gasteiger partial charge in [-0.1, -0.05) is 48.5 Å². The van der Waals surface area contributed by atoms with Crippen LogP contribution in [0.5, 0.6) is 5.75 Å². The van der Waals surface area contributed by atoms with E-state index in [1.807, 2.05) is 30.3 Å². The molecule has 0 aliphatic rings. The maximum Gasteiger partial charge on any atom is 0.200 e. The third-order valence-electron chi connectivity index (χ3n) is 4.45. The highest BCUT2D eigenvalue weighted by Gasteiger charge is 2.14. The molecule has 0 unspecified atom stereocenters. The van der Waals surface area contributed by atoms with Crippen molar-refractivity contribution in [1.82, 2.24) is 0 Å². The second-order valence-electron chi connectivity index (χ2n) is 6.27. The van der Waals surface area contributed by atoms with Gasteiger partial charge in [0.25, 0.3) is 0 Å². The van der Waals surface area contributed by atoms with Crippen molar-refractivity contribution < 1.29 is 13.5 Å². The van der Waals surface area contributed by atoms with Crippen molar-refractivity contribution in [3.8, 4) is 16.9 Å². The molecule has 0 aliphatic heterocycles. The van der Waals surface area contributed by atoms with E-state index >= 15 is 0 Å². The molecule has 4 aromatic rings. The van der Waals surface area contributed by atoms with Crippen molar-refractivity contribution in [2.24, 2.45) is 0 Å². The fourth-order valence-electron chi connectivity index (χ4n) is 3.09. The highest BCUT2D eigenvalue weighted by Crippen LogP contribution is 2.26. The van der Waals surface area contributed by atoms with Crippen LogP contribution < -0.4 is 10.2 Å². The van der Waals surface area contributed by atoms with Gasteiger partial charge in [0.15, 0.2) is 0 Å². The molecule has 0 N–H and O–H groups in total. The number of halogens is 1. The lowest BCUT2D eigenvalue weighted by molar-refractivity contribution is 0.300. The van der Waals surface area contributed by atoms with E-state index in [1.165, 1.54) is 6.07 Å². The summed E-state index contributed by atoms with van der Waals surface area (Å²) in [5, 5.41) is 0.484. The molecule has 134 valence electrons. The fourth-order valence-corrected chi connectivity index (χ4v) is 3.09. The minimum atomic E-state index is -0.312. The normalized spacial score (nSPS) is 10.9. The first-order valence-corrected chi connectivity index (χ1v) is 8.62. The van der Waals surface area contributed by atoms with Gasteiger partial charge in [0, 0.05) is 11.6 Å². The molecule has 0 fully saturated rings. The Hall–Kier alpha value is -3.40. The second-order valence-corrected chi connectivity index (χ2v) is 6.27. The summed E-state index contributed by atoms with van der Waals surface area (Å²) in [7, 11) is 0. The summed E-state index contributed by atoms with van der Waals surface area (Å²) in [6, 6.07) is 21.0. The Balaban J connectivity index is 1.70. The number of ether oxygens (including phenoxy) is 1. The summed E-state index contributed by atoms with van der Waals surface area (Å²) < 4.78 is 25.3. The van der Waals surface area contributed by atoms with E-state index in [0.29, 0.717) is 33.6 Å². The Kier molecular flexibility index (Phi) is 4.47. The van der Waals surface area contributed by atoms with Crippen molar-refractivity contribution in [1.29, 1.82) is 0 Å². The maximum atomic E-state index is 13.7. The van der Waals surface area contributed by atoms with Crippen molar-refractivity contribution in [3.63, 3.8) is 0 Å². The molecule has 1 aromatic heterocycles. The van der Waals surface area contributed by atoms with Crippen LogP contribution in [0.1, 0.15) is 11.3 Å². The Morgan fingerprint density at radius 1 is 0.963 bits per heavy atom. The van der Waals surface area contributed by atoms with Gasteiger partial charge >= 0.3 is 0 Å². The van der Waals surface area contributed by atoms with Gasteiger partial charge in [0.2, 0.25) is 5.43 Å². The molecule has 4 heteroatoms. The minimum Gasteiger partial charge on any atom is -0.489 e. The molecule has 0 aliphatic carbocycles. The SMILES string of the molecule is Cc1oc2cc(OCc3ccccc3F)ccc2c(=O)c1-c1ccccc1. The average molecular weight is 360 g/mol. The third kappa shape index (κ3) is 3.34. The van der Waals surface area contributed by atoms with Crippen LogP contribution in [-0.4, -0.2) is 0 Å². The van der Waals surface area contributed by atoms with E-state index in [4.69, 9.17) is 9.15 Å². The Morgan fingerprint density at radius 3 is 2.48 bits per heavy atom. The van der Waals surface area contributed by atoms with E-state index in [-0.39, 0.29) is 17.9 Å². The third-order valence-corrected chi connectivity index (χ3v) is 4.45. The van der Waals surface area contributed by atoms with Gasteiger partial charge in [0.05, 0.1) is 10.9 Å². The number of aryl methyl sites for hydroxylation is 1. The molecule has 3 nitrogen and oxygen atoms in total. The average Bonchev–Trinajstić information content (AvgIpc) is 2.68. The zero-order valence-electron chi connectivity index (χ0n) is 14.7. The number of hydrogen-bond acceptors (Lipinski definition) is 3. The number of rotatable bonds is 4. The minimum absolute atomic E-state index is 0.0828. The molecule has 0 saturated carbocycles. The van der Waals surface area contributed by atoms with Crippen LogP contribution in [0.25, 0.3) is 22.1 Å². The molecular formula is C23H17FO3. The van der Waals surface area contributed by atoms with Gasteiger partial charge in [0.1, 0.15) is 29.5 Å². The Labute approximate surface area is 155 Å². The summed E-state index contributed by atoms with van der Waals surface area (Å²) in [4.78, 5) is 12.9. The van der Waals surface area contributed by atoms with E-state index in [2.05, 4.69) is 0 Å². The summed E-state index contributed by atoms with van der Waals surface area (Å²) in [5.74, 6) is 0.749. The molecule has 27 heavy (non-hydrogen) atoms. The molecule has 0 spiro atoms. The van der Waals surface area contributed by atoms with Gasteiger partial charge < -0.3 is 9.15 Å². The first kappa shape index (κ1) is 17.0. The van der Waals surface area contributed by atoms with Crippen LogP contribution in [0.15, 0.2) is 82.0 Å². The first-order chi connectivity index (χ1) is 13.1. The summed E-state index contributed by atoms with van der Waals surface area (Å²) in [6.07, 6.45) is 0. The molecule has 0 atom stereocenters. The summed E-state index contributed by atoms with van der Waals surface area (Å²) >= 11 is 0. The lowest BCUT2D eigenvalue weighted by Crippen LogP contribution is -2.07. The molecular weight excluding hydrogens is 343 g/mol. The largest absolute Gasteiger partial charge is 0.489 e.